The van der Waals surface area contributed by atoms with Gasteiger partial charge in [-0.05, 0) is 6.42 Å². The predicted molar refractivity (Wildman–Crippen MR) is 42.3 cm³/mol. The Kier molecular flexibility index (Phi) is 16.7. The number of hydrogen-bond donors (Lipinski definition) is 0. The maximum Gasteiger partial charge on any atom is 1.00 e. The molecule has 0 spiro atoms. The zero-order chi connectivity index (χ0) is 10.3. The monoisotopic (exact) mass is 200 g/mol. The fourth-order valence-electron chi connectivity index (χ4n) is 1.11. The maximum atomic E-state index is 10.3. The van der Waals surface area contributed by atoms with Crippen molar-refractivity contribution in [3.05, 3.63) is 0 Å². The van der Waals surface area contributed by atoms with E-state index in [2.05, 4.69) is 0 Å². The van der Waals surface area contributed by atoms with E-state index in [9.17, 15) is 19.8 Å². The van der Waals surface area contributed by atoms with Crippen LogP contribution < -0.4 is 47.9 Å². The molecule has 0 aromatic rings. The third-order valence-corrected chi connectivity index (χ3v) is 1.92. The van der Waals surface area contributed by atoms with Crippen molar-refractivity contribution >= 4 is 11.9 Å². The summed E-state index contributed by atoms with van der Waals surface area (Å²) in [7, 11) is 0. The van der Waals surface area contributed by atoms with Gasteiger partial charge in [-0.2, -0.15) is 0 Å². The molecule has 0 radical (unpaired) electrons. The van der Waals surface area contributed by atoms with Crippen LogP contribution in [0.2, 0.25) is 0 Å². The molecule has 0 aliphatic rings. The van der Waals surface area contributed by atoms with E-state index in [1.54, 1.807) is 0 Å². The Balaban J connectivity index is -0.000000720. The number of aliphatic carboxylic acids is 2. The van der Waals surface area contributed by atoms with E-state index < -0.39 is 17.9 Å². The summed E-state index contributed by atoms with van der Waals surface area (Å²) in [6, 6.07) is 0. The van der Waals surface area contributed by atoms with Gasteiger partial charge in [0, 0.05) is 5.92 Å². The summed E-state index contributed by atoms with van der Waals surface area (Å²) in [6.45, 7) is 2.02. The van der Waals surface area contributed by atoms with E-state index in [1.807, 2.05) is 6.92 Å². The Morgan fingerprint density at radius 2 is 1.47 bits per heavy atom. The van der Waals surface area contributed by atoms with Crippen molar-refractivity contribution < 1.29 is 57.5 Å². The summed E-state index contributed by atoms with van der Waals surface area (Å²) in [6.07, 6.45) is 3.59. The molecule has 0 fully saturated rings. The first-order chi connectivity index (χ1) is 6.09. The van der Waals surface area contributed by atoms with Crippen LogP contribution in [0.25, 0.3) is 0 Å². The summed E-state index contributed by atoms with van der Waals surface area (Å²) in [4.78, 5) is 20.5. The molecule has 0 unspecified atom stereocenters. The second kappa shape index (κ2) is 12.2. The molecule has 0 atom stereocenters. The van der Waals surface area contributed by atoms with Crippen molar-refractivity contribution in [2.24, 2.45) is 5.92 Å². The SMILES string of the molecule is CCCCCCC(C(=O)[O-])C(=O)[O-].[Li+].[Li+]. The van der Waals surface area contributed by atoms with E-state index in [-0.39, 0.29) is 44.1 Å². The molecular weight excluding hydrogens is 186 g/mol. The van der Waals surface area contributed by atoms with Crippen molar-refractivity contribution in [3.8, 4) is 0 Å². The van der Waals surface area contributed by atoms with Crippen LogP contribution in [-0.4, -0.2) is 11.9 Å². The first-order valence-corrected chi connectivity index (χ1v) is 4.51. The van der Waals surface area contributed by atoms with E-state index in [4.69, 9.17) is 0 Å². The standard InChI is InChI=1S/C9H16O4.2Li/c1-2-3-4-5-6-7(8(10)11)9(12)13;;/h7H,2-6H2,1H3,(H,10,11)(H,12,13);;/q;2*+1/p-2. The van der Waals surface area contributed by atoms with Crippen LogP contribution in [0.15, 0.2) is 0 Å². The fourth-order valence-corrected chi connectivity index (χ4v) is 1.11. The number of carboxylic acid groups (broad SMARTS) is 2. The number of carbonyl (C=O) groups is 2. The minimum absolute atomic E-state index is 0. The van der Waals surface area contributed by atoms with Crippen molar-refractivity contribution in [1.82, 2.24) is 0 Å². The van der Waals surface area contributed by atoms with Gasteiger partial charge in [0.1, 0.15) is 0 Å². The van der Waals surface area contributed by atoms with Crippen LogP contribution in [0.3, 0.4) is 0 Å². The molecule has 0 rings (SSSR count). The van der Waals surface area contributed by atoms with Gasteiger partial charge in [0.2, 0.25) is 0 Å². The molecule has 0 saturated heterocycles. The van der Waals surface area contributed by atoms with E-state index >= 15 is 0 Å². The Bertz CT molecular complexity index is 171. The van der Waals surface area contributed by atoms with Gasteiger partial charge < -0.3 is 19.8 Å². The Morgan fingerprint density at radius 3 is 1.80 bits per heavy atom. The van der Waals surface area contributed by atoms with Gasteiger partial charge in [-0.1, -0.05) is 32.6 Å². The predicted octanol–water partition coefficient (Wildman–Crippen LogP) is -6.92. The van der Waals surface area contributed by atoms with E-state index in [0.29, 0.717) is 6.42 Å². The van der Waals surface area contributed by atoms with Crippen molar-refractivity contribution in [2.45, 2.75) is 39.0 Å². The van der Waals surface area contributed by atoms with Gasteiger partial charge in [-0.3, -0.25) is 0 Å². The van der Waals surface area contributed by atoms with Gasteiger partial charge in [-0.15, -0.1) is 0 Å². The molecular formula is C9H14Li2O4. The number of carbonyl (C=O) groups excluding carboxylic acids is 2. The van der Waals surface area contributed by atoms with Gasteiger partial charge in [0.25, 0.3) is 0 Å². The van der Waals surface area contributed by atoms with Crippen LogP contribution >= 0.6 is 0 Å². The minimum Gasteiger partial charge on any atom is -0.549 e. The summed E-state index contributed by atoms with van der Waals surface area (Å²) >= 11 is 0. The Hall–Kier alpha value is 0.135. The van der Waals surface area contributed by atoms with E-state index in [1.165, 1.54) is 0 Å². The van der Waals surface area contributed by atoms with Crippen molar-refractivity contribution in [1.29, 1.82) is 0 Å². The summed E-state index contributed by atoms with van der Waals surface area (Å²) in [5.41, 5.74) is 0. The Labute approximate surface area is 114 Å². The molecule has 0 aliphatic carbocycles. The molecule has 0 aliphatic heterocycles. The second-order valence-corrected chi connectivity index (χ2v) is 3.04. The topological polar surface area (TPSA) is 80.3 Å². The van der Waals surface area contributed by atoms with Crippen molar-refractivity contribution in [2.75, 3.05) is 0 Å². The minimum atomic E-state index is -1.54. The third kappa shape index (κ3) is 10.4. The summed E-state index contributed by atoms with van der Waals surface area (Å²) in [5.74, 6) is -4.54. The average molecular weight is 200 g/mol. The van der Waals surface area contributed by atoms with Crippen LogP contribution in [0.1, 0.15) is 39.0 Å². The number of unbranched alkanes of at least 4 members (excludes halogenated alkanes) is 3. The second-order valence-electron chi connectivity index (χ2n) is 3.04. The summed E-state index contributed by atoms with van der Waals surface area (Å²) in [5, 5.41) is 20.5. The molecule has 6 heteroatoms. The normalized spacial score (nSPS) is 8.93. The molecule has 0 N–H and O–H groups in total. The average Bonchev–Trinajstić information content (AvgIpc) is 2.02. The number of rotatable bonds is 7. The molecule has 15 heavy (non-hydrogen) atoms. The van der Waals surface area contributed by atoms with Gasteiger partial charge in [0.05, 0.1) is 11.9 Å². The van der Waals surface area contributed by atoms with Gasteiger partial charge in [0.15, 0.2) is 0 Å². The Morgan fingerprint density at radius 1 is 1.00 bits per heavy atom. The molecule has 4 nitrogen and oxygen atoms in total. The van der Waals surface area contributed by atoms with Crippen LogP contribution in [0.5, 0.6) is 0 Å². The van der Waals surface area contributed by atoms with Crippen molar-refractivity contribution in [3.63, 3.8) is 0 Å². The quantitative estimate of drug-likeness (QED) is 0.232. The van der Waals surface area contributed by atoms with Gasteiger partial charge in [-0.25, -0.2) is 0 Å². The molecule has 0 bridgehead atoms. The fraction of sp³-hybridized carbons (Fsp3) is 0.778. The largest absolute Gasteiger partial charge is 1.00 e. The maximum absolute atomic E-state index is 10.3. The van der Waals surface area contributed by atoms with Gasteiger partial charge >= 0.3 is 37.7 Å². The first-order valence-electron chi connectivity index (χ1n) is 4.51. The zero-order valence-electron chi connectivity index (χ0n) is 9.75. The first kappa shape index (κ1) is 20.5. The molecule has 0 heterocycles. The molecule has 0 aromatic heterocycles. The number of carboxylic acids is 2. The smallest absolute Gasteiger partial charge is 0.549 e. The van der Waals surface area contributed by atoms with Crippen LogP contribution in [-0.2, 0) is 9.59 Å². The number of hydrogen-bond acceptors (Lipinski definition) is 4. The molecule has 0 aromatic carbocycles. The molecule has 0 saturated carbocycles. The summed E-state index contributed by atoms with van der Waals surface area (Å²) < 4.78 is 0. The zero-order valence-corrected chi connectivity index (χ0v) is 9.75. The molecule has 0 amide bonds. The molecule has 76 valence electrons. The van der Waals surface area contributed by atoms with Crippen LogP contribution in [0, 0.1) is 5.92 Å². The van der Waals surface area contributed by atoms with E-state index in [0.717, 1.165) is 19.3 Å². The van der Waals surface area contributed by atoms with Crippen LogP contribution in [0.4, 0.5) is 0 Å². The third-order valence-electron chi connectivity index (χ3n) is 1.92.